The Morgan fingerprint density at radius 2 is 2.40 bits per heavy atom. The molecule has 15 heavy (non-hydrogen) atoms. The molecule has 6 heteroatoms. The fourth-order valence-electron chi connectivity index (χ4n) is 1.72. The molecule has 1 saturated heterocycles. The molecule has 1 N–H and O–H groups in total. The third-order valence-electron chi connectivity index (χ3n) is 2.65. The van der Waals surface area contributed by atoms with Gasteiger partial charge >= 0.3 is 0 Å². The van der Waals surface area contributed by atoms with E-state index in [-0.39, 0.29) is 11.1 Å². The molecule has 0 radical (unpaired) electrons. The summed E-state index contributed by atoms with van der Waals surface area (Å²) in [4.78, 5) is 0. The number of rotatable bonds is 3. The standard InChI is InChI=1S/C9H14N2O3S/c1-10-8-4-5-11(7-8)15(12,13)9-3-2-6-14-9/h2-3,6,8,10H,4-5,7H2,1H3. The van der Waals surface area contributed by atoms with E-state index in [1.165, 1.54) is 16.6 Å². The van der Waals surface area contributed by atoms with Crippen LogP contribution in [0.5, 0.6) is 0 Å². The topological polar surface area (TPSA) is 62.6 Å². The Kier molecular flexibility index (Phi) is 2.81. The van der Waals surface area contributed by atoms with Gasteiger partial charge in [-0.25, -0.2) is 8.42 Å². The molecule has 1 fully saturated rings. The minimum absolute atomic E-state index is 0.0271. The van der Waals surface area contributed by atoms with Crippen molar-refractivity contribution in [2.75, 3.05) is 20.1 Å². The SMILES string of the molecule is CNC1CCN(S(=O)(=O)c2ccco2)C1. The van der Waals surface area contributed by atoms with Crippen molar-refractivity contribution in [2.45, 2.75) is 17.6 Å². The lowest BCUT2D eigenvalue weighted by Gasteiger charge is -2.14. The summed E-state index contributed by atoms with van der Waals surface area (Å²) in [5.41, 5.74) is 0. The maximum absolute atomic E-state index is 12.0. The first-order valence-electron chi connectivity index (χ1n) is 4.85. The number of nitrogens with zero attached hydrogens (tertiary/aromatic N) is 1. The van der Waals surface area contributed by atoms with E-state index in [2.05, 4.69) is 5.32 Å². The molecule has 2 heterocycles. The number of furan rings is 1. The highest BCUT2D eigenvalue weighted by Crippen LogP contribution is 2.20. The lowest BCUT2D eigenvalue weighted by Crippen LogP contribution is -2.33. The Morgan fingerprint density at radius 1 is 1.60 bits per heavy atom. The summed E-state index contributed by atoms with van der Waals surface area (Å²) in [6.45, 7) is 1.06. The van der Waals surface area contributed by atoms with E-state index in [0.29, 0.717) is 13.1 Å². The fourth-order valence-corrected chi connectivity index (χ4v) is 3.12. The zero-order valence-corrected chi connectivity index (χ0v) is 9.33. The van der Waals surface area contributed by atoms with Gasteiger partial charge in [0.1, 0.15) is 0 Å². The predicted molar refractivity (Wildman–Crippen MR) is 54.9 cm³/mol. The van der Waals surface area contributed by atoms with Crippen molar-refractivity contribution in [1.82, 2.24) is 9.62 Å². The van der Waals surface area contributed by atoms with Crippen molar-refractivity contribution in [2.24, 2.45) is 0 Å². The number of nitrogens with one attached hydrogen (secondary N) is 1. The van der Waals surface area contributed by atoms with Crippen LogP contribution in [0.3, 0.4) is 0 Å². The van der Waals surface area contributed by atoms with Gasteiger partial charge in [0.2, 0.25) is 5.09 Å². The van der Waals surface area contributed by atoms with Gasteiger partial charge in [0.05, 0.1) is 6.26 Å². The van der Waals surface area contributed by atoms with Crippen LogP contribution in [0.2, 0.25) is 0 Å². The van der Waals surface area contributed by atoms with Crippen LogP contribution in [0.25, 0.3) is 0 Å². The second-order valence-electron chi connectivity index (χ2n) is 3.57. The van der Waals surface area contributed by atoms with Gasteiger partial charge in [0.25, 0.3) is 10.0 Å². The summed E-state index contributed by atoms with van der Waals surface area (Å²) in [5, 5.41) is 3.10. The van der Waals surface area contributed by atoms with Gasteiger partial charge < -0.3 is 9.73 Å². The minimum Gasteiger partial charge on any atom is -0.452 e. The maximum Gasteiger partial charge on any atom is 0.276 e. The van der Waals surface area contributed by atoms with Crippen LogP contribution in [-0.4, -0.2) is 38.9 Å². The van der Waals surface area contributed by atoms with E-state index in [0.717, 1.165) is 6.42 Å². The Labute approximate surface area is 89.1 Å². The van der Waals surface area contributed by atoms with Crippen molar-refractivity contribution in [1.29, 1.82) is 0 Å². The summed E-state index contributed by atoms with van der Waals surface area (Å²) in [6.07, 6.45) is 2.22. The van der Waals surface area contributed by atoms with Crippen LogP contribution in [0, 0.1) is 0 Å². The highest BCUT2D eigenvalue weighted by atomic mass is 32.2. The molecule has 1 atom stereocenters. The smallest absolute Gasteiger partial charge is 0.276 e. The van der Waals surface area contributed by atoms with Gasteiger partial charge in [-0.1, -0.05) is 0 Å². The van der Waals surface area contributed by atoms with Gasteiger partial charge in [-0.15, -0.1) is 0 Å². The van der Waals surface area contributed by atoms with Gasteiger partial charge in [0, 0.05) is 19.1 Å². The average molecular weight is 230 g/mol. The molecule has 0 saturated carbocycles. The summed E-state index contributed by atoms with van der Waals surface area (Å²) >= 11 is 0. The van der Waals surface area contributed by atoms with Crippen molar-refractivity contribution in [3.8, 4) is 0 Å². The highest BCUT2D eigenvalue weighted by molar-refractivity contribution is 7.89. The Bertz CT molecular complexity index is 413. The largest absolute Gasteiger partial charge is 0.452 e. The van der Waals surface area contributed by atoms with Gasteiger partial charge in [0.15, 0.2) is 0 Å². The van der Waals surface area contributed by atoms with E-state index in [9.17, 15) is 8.42 Å². The molecule has 1 aromatic heterocycles. The second-order valence-corrected chi connectivity index (χ2v) is 5.44. The molecule has 84 valence electrons. The predicted octanol–water partition coefficient (Wildman–Crippen LogP) is 0.262. The number of likely N-dealkylation sites (N-methyl/N-ethyl adjacent to an activating group) is 1. The van der Waals surface area contributed by atoms with Crippen molar-refractivity contribution in [3.05, 3.63) is 18.4 Å². The van der Waals surface area contributed by atoms with E-state index in [1.54, 1.807) is 6.07 Å². The zero-order valence-electron chi connectivity index (χ0n) is 8.51. The first-order valence-corrected chi connectivity index (χ1v) is 6.29. The molecule has 0 spiro atoms. The summed E-state index contributed by atoms with van der Waals surface area (Å²) in [7, 11) is -1.57. The third kappa shape index (κ3) is 1.92. The molecule has 1 aromatic rings. The molecular formula is C9H14N2O3S. The fraction of sp³-hybridized carbons (Fsp3) is 0.556. The number of sulfonamides is 1. The molecule has 1 aliphatic rings. The quantitative estimate of drug-likeness (QED) is 0.809. The highest BCUT2D eigenvalue weighted by Gasteiger charge is 2.33. The molecule has 0 aromatic carbocycles. The Balaban J connectivity index is 2.18. The minimum atomic E-state index is -3.41. The summed E-state index contributed by atoms with van der Waals surface area (Å²) in [6, 6.07) is 3.30. The van der Waals surface area contributed by atoms with Crippen molar-refractivity contribution >= 4 is 10.0 Å². The molecule has 0 bridgehead atoms. The monoisotopic (exact) mass is 230 g/mol. The second kappa shape index (κ2) is 3.96. The molecule has 5 nitrogen and oxygen atoms in total. The molecule has 1 aliphatic heterocycles. The number of hydrogen-bond acceptors (Lipinski definition) is 4. The third-order valence-corrected chi connectivity index (χ3v) is 4.40. The maximum atomic E-state index is 12.0. The number of hydrogen-bond donors (Lipinski definition) is 1. The Morgan fingerprint density at radius 3 is 2.93 bits per heavy atom. The van der Waals surface area contributed by atoms with Gasteiger partial charge in [-0.05, 0) is 25.6 Å². The lowest BCUT2D eigenvalue weighted by atomic mass is 10.3. The van der Waals surface area contributed by atoms with Crippen molar-refractivity contribution in [3.63, 3.8) is 0 Å². The van der Waals surface area contributed by atoms with E-state index in [1.807, 2.05) is 7.05 Å². The first-order chi connectivity index (χ1) is 7.14. The Hall–Kier alpha value is -0.850. The first kappa shape index (κ1) is 10.7. The van der Waals surface area contributed by atoms with Crippen LogP contribution in [-0.2, 0) is 10.0 Å². The van der Waals surface area contributed by atoms with Crippen LogP contribution in [0.1, 0.15) is 6.42 Å². The molecule has 0 amide bonds. The summed E-state index contributed by atoms with van der Waals surface area (Å²) < 4.78 is 30.3. The molecular weight excluding hydrogens is 216 g/mol. The van der Waals surface area contributed by atoms with E-state index < -0.39 is 10.0 Å². The van der Waals surface area contributed by atoms with Gasteiger partial charge in [-0.2, -0.15) is 4.31 Å². The normalized spacial score (nSPS) is 23.4. The van der Waals surface area contributed by atoms with Gasteiger partial charge in [-0.3, -0.25) is 0 Å². The molecule has 2 rings (SSSR count). The lowest BCUT2D eigenvalue weighted by molar-refractivity contribution is 0.407. The summed E-state index contributed by atoms with van der Waals surface area (Å²) in [5.74, 6) is 0. The molecule has 1 unspecified atom stereocenters. The van der Waals surface area contributed by atoms with Crippen molar-refractivity contribution < 1.29 is 12.8 Å². The van der Waals surface area contributed by atoms with E-state index >= 15 is 0 Å². The van der Waals surface area contributed by atoms with Crippen LogP contribution < -0.4 is 5.32 Å². The van der Waals surface area contributed by atoms with Crippen LogP contribution in [0.15, 0.2) is 27.9 Å². The van der Waals surface area contributed by atoms with Crippen LogP contribution in [0.4, 0.5) is 0 Å². The van der Waals surface area contributed by atoms with E-state index in [4.69, 9.17) is 4.42 Å². The molecule has 0 aliphatic carbocycles. The van der Waals surface area contributed by atoms with Crippen LogP contribution >= 0.6 is 0 Å². The zero-order chi connectivity index (χ0) is 10.9. The average Bonchev–Trinajstić information content (AvgIpc) is 2.89.